The van der Waals surface area contributed by atoms with Gasteiger partial charge in [-0.2, -0.15) is 0 Å². The number of carbonyl (C=O) groups is 1. The molecule has 0 bridgehead atoms. The van der Waals surface area contributed by atoms with Gasteiger partial charge in [0.05, 0.1) is 26.2 Å². The summed E-state index contributed by atoms with van der Waals surface area (Å²) in [6.07, 6.45) is 2.44. The Morgan fingerprint density at radius 3 is 2.67 bits per heavy atom. The summed E-state index contributed by atoms with van der Waals surface area (Å²) in [5.41, 5.74) is 1.32. The van der Waals surface area contributed by atoms with E-state index in [2.05, 4.69) is 29.2 Å². The predicted octanol–water partition coefficient (Wildman–Crippen LogP) is 2.27. The second kappa shape index (κ2) is 8.80. The standard InChI is InChI=1S/C17H25NO3/c1-2-21-17(19)14-16(18-10-12-20-13-11-18)9-8-15-6-4-3-5-7-15/h3-7,16H,2,8-14H2,1H3. The third-order valence-electron chi connectivity index (χ3n) is 3.88. The number of morpholine rings is 1. The Morgan fingerprint density at radius 2 is 2.00 bits per heavy atom. The van der Waals surface area contributed by atoms with E-state index in [-0.39, 0.29) is 12.0 Å². The molecule has 0 aromatic heterocycles. The molecule has 0 N–H and O–H groups in total. The maximum absolute atomic E-state index is 11.8. The summed E-state index contributed by atoms with van der Waals surface area (Å²) in [7, 11) is 0. The maximum Gasteiger partial charge on any atom is 0.307 e. The summed E-state index contributed by atoms with van der Waals surface area (Å²) in [4.78, 5) is 14.2. The van der Waals surface area contributed by atoms with Crippen molar-refractivity contribution in [2.24, 2.45) is 0 Å². The van der Waals surface area contributed by atoms with Gasteiger partial charge in [0.1, 0.15) is 0 Å². The van der Waals surface area contributed by atoms with E-state index in [9.17, 15) is 4.79 Å². The summed E-state index contributed by atoms with van der Waals surface area (Å²) in [6, 6.07) is 10.7. The Morgan fingerprint density at radius 1 is 1.29 bits per heavy atom. The lowest BCUT2D eigenvalue weighted by Gasteiger charge is -2.34. The number of nitrogens with zero attached hydrogens (tertiary/aromatic N) is 1. The first-order chi connectivity index (χ1) is 10.3. The molecule has 1 unspecified atom stereocenters. The lowest BCUT2D eigenvalue weighted by Crippen LogP contribution is -2.44. The maximum atomic E-state index is 11.8. The minimum atomic E-state index is -0.0953. The SMILES string of the molecule is CCOC(=O)CC(CCc1ccccc1)N1CCOCC1. The number of esters is 1. The van der Waals surface area contributed by atoms with Gasteiger partial charge in [0, 0.05) is 19.1 Å². The minimum Gasteiger partial charge on any atom is -0.466 e. The van der Waals surface area contributed by atoms with Crippen molar-refractivity contribution in [1.29, 1.82) is 0 Å². The van der Waals surface area contributed by atoms with Crippen LogP contribution in [-0.2, 0) is 20.7 Å². The molecule has 1 fully saturated rings. The van der Waals surface area contributed by atoms with Crippen LogP contribution >= 0.6 is 0 Å². The van der Waals surface area contributed by atoms with E-state index in [0.29, 0.717) is 13.0 Å². The van der Waals surface area contributed by atoms with E-state index >= 15 is 0 Å². The molecule has 0 amide bonds. The first-order valence-corrected chi connectivity index (χ1v) is 7.81. The van der Waals surface area contributed by atoms with E-state index in [1.54, 1.807) is 0 Å². The molecule has 4 nitrogen and oxygen atoms in total. The van der Waals surface area contributed by atoms with Crippen LogP contribution in [0.1, 0.15) is 25.3 Å². The highest BCUT2D eigenvalue weighted by molar-refractivity contribution is 5.70. The quantitative estimate of drug-likeness (QED) is 0.722. The van der Waals surface area contributed by atoms with Crippen molar-refractivity contribution in [2.75, 3.05) is 32.9 Å². The molecule has 1 atom stereocenters. The van der Waals surface area contributed by atoms with Gasteiger partial charge in [0.2, 0.25) is 0 Å². The van der Waals surface area contributed by atoms with Gasteiger partial charge >= 0.3 is 5.97 Å². The van der Waals surface area contributed by atoms with Crippen molar-refractivity contribution in [3.63, 3.8) is 0 Å². The Kier molecular flexibility index (Phi) is 6.70. The third-order valence-corrected chi connectivity index (χ3v) is 3.88. The van der Waals surface area contributed by atoms with E-state index in [1.165, 1.54) is 5.56 Å². The van der Waals surface area contributed by atoms with Crippen LogP contribution in [0.3, 0.4) is 0 Å². The van der Waals surface area contributed by atoms with Crippen molar-refractivity contribution in [3.05, 3.63) is 35.9 Å². The molecule has 1 heterocycles. The lowest BCUT2D eigenvalue weighted by molar-refractivity contribution is -0.145. The summed E-state index contributed by atoms with van der Waals surface area (Å²) in [5.74, 6) is -0.0953. The van der Waals surface area contributed by atoms with Crippen LogP contribution in [0.4, 0.5) is 0 Å². The highest BCUT2D eigenvalue weighted by atomic mass is 16.5. The highest BCUT2D eigenvalue weighted by Gasteiger charge is 2.23. The zero-order valence-corrected chi connectivity index (χ0v) is 12.8. The zero-order valence-electron chi connectivity index (χ0n) is 12.8. The van der Waals surface area contributed by atoms with Gasteiger partial charge in [0.25, 0.3) is 0 Å². The van der Waals surface area contributed by atoms with Gasteiger partial charge in [0.15, 0.2) is 0 Å². The molecule has 1 aromatic carbocycles. The molecule has 2 rings (SSSR count). The molecular formula is C17H25NO3. The fraction of sp³-hybridized carbons (Fsp3) is 0.588. The van der Waals surface area contributed by atoms with Crippen LogP contribution in [0.5, 0.6) is 0 Å². The van der Waals surface area contributed by atoms with Gasteiger partial charge in [-0.3, -0.25) is 9.69 Å². The second-order valence-electron chi connectivity index (χ2n) is 5.34. The first kappa shape index (κ1) is 16.0. The number of benzene rings is 1. The molecule has 21 heavy (non-hydrogen) atoms. The van der Waals surface area contributed by atoms with Crippen molar-refractivity contribution < 1.29 is 14.3 Å². The smallest absolute Gasteiger partial charge is 0.307 e. The molecule has 0 aliphatic carbocycles. The minimum absolute atomic E-state index is 0.0953. The second-order valence-corrected chi connectivity index (χ2v) is 5.34. The zero-order chi connectivity index (χ0) is 14.9. The van der Waals surface area contributed by atoms with Crippen LogP contribution in [0.15, 0.2) is 30.3 Å². The van der Waals surface area contributed by atoms with Crippen LogP contribution in [0.2, 0.25) is 0 Å². The number of hydrogen-bond donors (Lipinski definition) is 0. The van der Waals surface area contributed by atoms with Gasteiger partial charge in [-0.1, -0.05) is 30.3 Å². The molecule has 0 saturated carbocycles. The number of rotatable bonds is 7. The van der Waals surface area contributed by atoms with Gasteiger partial charge < -0.3 is 9.47 Å². The summed E-state index contributed by atoms with van der Waals surface area (Å²) in [5, 5.41) is 0. The summed E-state index contributed by atoms with van der Waals surface area (Å²) in [6.45, 7) is 5.62. The predicted molar refractivity (Wildman–Crippen MR) is 82.2 cm³/mol. The van der Waals surface area contributed by atoms with E-state index < -0.39 is 0 Å². The van der Waals surface area contributed by atoms with E-state index in [1.807, 2.05) is 13.0 Å². The number of hydrogen-bond acceptors (Lipinski definition) is 4. The average Bonchev–Trinajstić information content (AvgIpc) is 2.53. The van der Waals surface area contributed by atoms with Crippen molar-refractivity contribution in [2.45, 2.75) is 32.2 Å². The van der Waals surface area contributed by atoms with Crippen LogP contribution in [0, 0.1) is 0 Å². The van der Waals surface area contributed by atoms with Crippen LogP contribution in [-0.4, -0.2) is 49.8 Å². The van der Waals surface area contributed by atoms with Gasteiger partial charge in [-0.05, 0) is 25.3 Å². The number of carbonyl (C=O) groups excluding carboxylic acids is 1. The van der Waals surface area contributed by atoms with Crippen molar-refractivity contribution >= 4 is 5.97 Å². The van der Waals surface area contributed by atoms with Gasteiger partial charge in [-0.15, -0.1) is 0 Å². The van der Waals surface area contributed by atoms with Crippen molar-refractivity contribution in [3.8, 4) is 0 Å². The number of aryl methyl sites for hydroxylation is 1. The Hall–Kier alpha value is -1.39. The molecular weight excluding hydrogens is 266 g/mol. The Balaban J connectivity index is 1.92. The molecule has 0 radical (unpaired) electrons. The molecule has 1 saturated heterocycles. The number of ether oxygens (including phenoxy) is 2. The topological polar surface area (TPSA) is 38.8 Å². The van der Waals surface area contributed by atoms with Crippen LogP contribution < -0.4 is 0 Å². The summed E-state index contributed by atoms with van der Waals surface area (Å²) < 4.78 is 10.5. The highest BCUT2D eigenvalue weighted by Crippen LogP contribution is 2.15. The fourth-order valence-corrected chi connectivity index (χ4v) is 2.75. The fourth-order valence-electron chi connectivity index (χ4n) is 2.75. The lowest BCUT2D eigenvalue weighted by atomic mass is 10.0. The normalized spacial score (nSPS) is 17.4. The molecule has 116 valence electrons. The van der Waals surface area contributed by atoms with E-state index in [4.69, 9.17) is 9.47 Å². The Bertz CT molecular complexity index is 415. The van der Waals surface area contributed by atoms with Gasteiger partial charge in [-0.25, -0.2) is 0 Å². The van der Waals surface area contributed by atoms with Crippen molar-refractivity contribution in [1.82, 2.24) is 4.90 Å². The van der Waals surface area contributed by atoms with E-state index in [0.717, 1.165) is 39.1 Å². The summed E-state index contributed by atoms with van der Waals surface area (Å²) >= 11 is 0. The Labute approximate surface area is 127 Å². The molecule has 1 aliphatic heterocycles. The van der Waals surface area contributed by atoms with Crippen LogP contribution in [0.25, 0.3) is 0 Å². The molecule has 4 heteroatoms. The monoisotopic (exact) mass is 291 g/mol. The first-order valence-electron chi connectivity index (χ1n) is 7.81. The largest absolute Gasteiger partial charge is 0.466 e. The third kappa shape index (κ3) is 5.48. The average molecular weight is 291 g/mol. The molecule has 0 spiro atoms. The molecule has 1 aliphatic rings. The molecule has 1 aromatic rings.